The van der Waals surface area contributed by atoms with E-state index in [4.69, 9.17) is 0 Å². The highest BCUT2D eigenvalue weighted by atomic mass is 16.3. The van der Waals surface area contributed by atoms with Crippen molar-refractivity contribution in [3.8, 4) is 0 Å². The average molecular weight is 153 g/mol. The van der Waals surface area contributed by atoms with Gasteiger partial charge >= 0.3 is 0 Å². The molecule has 0 aromatic rings. The first-order valence-electron chi connectivity index (χ1n) is 3.56. The molecule has 2 atom stereocenters. The van der Waals surface area contributed by atoms with Crippen molar-refractivity contribution in [1.82, 2.24) is 0 Å². The van der Waals surface area contributed by atoms with Gasteiger partial charge in [0.2, 0.25) is 0 Å². The molecule has 3 nitrogen and oxygen atoms in total. The van der Waals surface area contributed by atoms with E-state index in [1.54, 1.807) is 6.08 Å². The number of aliphatic hydroxyl groups excluding tert-OH is 1. The van der Waals surface area contributed by atoms with E-state index in [1.165, 1.54) is 0 Å². The van der Waals surface area contributed by atoms with Gasteiger partial charge in [-0.3, -0.25) is 0 Å². The Morgan fingerprint density at radius 2 is 2.27 bits per heavy atom. The zero-order valence-corrected chi connectivity index (χ0v) is 6.61. The van der Waals surface area contributed by atoms with Crippen LogP contribution in [0.5, 0.6) is 0 Å². The van der Waals surface area contributed by atoms with Gasteiger partial charge in [0, 0.05) is 5.92 Å². The highest BCUT2D eigenvalue weighted by molar-refractivity contribution is 5.28. The number of hydrogen-bond acceptors (Lipinski definition) is 3. The van der Waals surface area contributed by atoms with Crippen LogP contribution in [0.15, 0.2) is 28.7 Å². The first-order valence-corrected chi connectivity index (χ1v) is 3.56. The van der Waals surface area contributed by atoms with Crippen LogP contribution in [0.25, 0.3) is 0 Å². The molecule has 0 saturated heterocycles. The van der Waals surface area contributed by atoms with Crippen molar-refractivity contribution in [3.63, 3.8) is 0 Å². The maximum Gasteiger partial charge on any atom is 0.154 e. The largest absolute Gasteiger partial charge is 0.510 e. The highest BCUT2D eigenvalue weighted by Crippen LogP contribution is 2.23. The monoisotopic (exact) mass is 153 g/mol. The Balaban J connectivity index is 2.90. The lowest BCUT2D eigenvalue weighted by atomic mass is 9.93. The Hall–Kier alpha value is -1.12. The third kappa shape index (κ3) is 1.48. The van der Waals surface area contributed by atoms with Gasteiger partial charge in [0.15, 0.2) is 6.04 Å². The summed E-state index contributed by atoms with van der Waals surface area (Å²) in [6, 6.07) is -0.585. The van der Waals surface area contributed by atoms with Gasteiger partial charge in [0.25, 0.3) is 0 Å². The van der Waals surface area contributed by atoms with E-state index >= 15 is 0 Å². The summed E-state index contributed by atoms with van der Waals surface area (Å²) in [5, 5.41) is 12.1. The van der Waals surface area contributed by atoms with E-state index in [-0.39, 0.29) is 11.7 Å². The van der Waals surface area contributed by atoms with Crippen molar-refractivity contribution in [2.24, 2.45) is 11.1 Å². The summed E-state index contributed by atoms with van der Waals surface area (Å²) in [4.78, 5) is 10.2. The lowest BCUT2D eigenvalue weighted by Crippen LogP contribution is -2.19. The van der Waals surface area contributed by atoms with Gasteiger partial charge in [-0.25, -0.2) is 0 Å². The standard InChI is InChI=1S/C8H11NO2/c1-5-3-6(2)8(9-11)7(10)4-5/h3-4,6,8,10H,1-2H3. The number of aliphatic hydroxyl groups is 1. The fourth-order valence-corrected chi connectivity index (χ4v) is 1.29. The predicted molar refractivity (Wildman–Crippen MR) is 43.2 cm³/mol. The zero-order chi connectivity index (χ0) is 8.43. The Kier molecular flexibility index (Phi) is 2.08. The molecule has 0 bridgehead atoms. The second kappa shape index (κ2) is 2.86. The molecular formula is C8H11NO2. The number of nitroso groups, excluding NO2 is 1. The summed E-state index contributed by atoms with van der Waals surface area (Å²) in [7, 11) is 0. The Bertz CT molecular complexity index is 230. The van der Waals surface area contributed by atoms with Crippen LogP contribution in [-0.2, 0) is 0 Å². The quantitative estimate of drug-likeness (QED) is 0.587. The van der Waals surface area contributed by atoms with Crippen molar-refractivity contribution in [2.45, 2.75) is 19.9 Å². The van der Waals surface area contributed by atoms with Gasteiger partial charge in [-0.2, -0.15) is 4.91 Å². The van der Waals surface area contributed by atoms with Crippen LogP contribution in [0, 0.1) is 10.8 Å². The molecule has 60 valence electrons. The molecular weight excluding hydrogens is 142 g/mol. The number of nitrogens with zero attached hydrogens (tertiary/aromatic N) is 1. The fourth-order valence-electron chi connectivity index (χ4n) is 1.29. The molecule has 11 heavy (non-hydrogen) atoms. The van der Waals surface area contributed by atoms with Crippen molar-refractivity contribution in [3.05, 3.63) is 28.4 Å². The van der Waals surface area contributed by atoms with Gasteiger partial charge in [0.05, 0.1) is 0 Å². The maximum absolute atomic E-state index is 10.2. The van der Waals surface area contributed by atoms with E-state index < -0.39 is 6.04 Å². The SMILES string of the molecule is CC1=CC(C)C(N=O)C(O)=C1. The van der Waals surface area contributed by atoms with Crippen molar-refractivity contribution in [2.75, 3.05) is 0 Å². The molecule has 3 heteroatoms. The lowest BCUT2D eigenvalue weighted by Gasteiger charge is -2.18. The van der Waals surface area contributed by atoms with Crippen LogP contribution in [0.1, 0.15) is 13.8 Å². The molecule has 0 aliphatic heterocycles. The third-order valence-electron chi connectivity index (χ3n) is 1.82. The van der Waals surface area contributed by atoms with E-state index in [2.05, 4.69) is 5.18 Å². The van der Waals surface area contributed by atoms with Gasteiger partial charge in [-0.05, 0) is 13.0 Å². The second-order valence-corrected chi connectivity index (χ2v) is 2.89. The molecule has 0 aromatic heterocycles. The lowest BCUT2D eigenvalue weighted by molar-refractivity contribution is 0.338. The average Bonchev–Trinajstić information content (AvgIpc) is 1.85. The Labute approximate surface area is 65.4 Å². The molecule has 1 N–H and O–H groups in total. The Morgan fingerprint density at radius 3 is 2.73 bits per heavy atom. The van der Waals surface area contributed by atoms with Crippen LogP contribution in [0.2, 0.25) is 0 Å². The second-order valence-electron chi connectivity index (χ2n) is 2.89. The van der Waals surface area contributed by atoms with Crippen molar-refractivity contribution >= 4 is 0 Å². The molecule has 0 fully saturated rings. The Morgan fingerprint density at radius 1 is 1.64 bits per heavy atom. The van der Waals surface area contributed by atoms with Crippen LogP contribution in [-0.4, -0.2) is 11.1 Å². The van der Waals surface area contributed by atoms with Crippen LogP contribution >= 0.6 is 0 Å². The minimum Gasteiger partial charge on any atom is -0.510 e. The highest BCUT2D eigenvalue weighted by Gasteiger charge is 2.23. The smallest absolute Gasteiger partial charge is 0.154 e. The molecule has 1 aliphatic carbocycles. The maximum atomic E-state index is 10.2. The third-order valence-corrected chi connectivity index (χ3v) is 1.82. The molecule has 0 radical (unpaired) electrons. The summed E-state index contributed by atoms with van der Waals surface area (Å²) in [5.41, 5.74) is 0.981. The van der Waals surface area contributed by atoms with Gasteiger partial charge < -0.3 is 5.11 Å². The fraction of sp³-hybridized carbons (Fsp3) is 0.500. The number of hydrogen-bond donors (Lipinski definition) is 1. The van der Waals surface area contributed by atoms with Gasteiger partial charge in [-0.15, -0.1) is 0 Å². The summed E-state index contributed by atoms with van der Waals surface area (Å²) < 4.78 is 0. The van der Waals surface area contributed by atoms with Crippen LogP contribution in [0.3, 0.4) is 0 Å². The summed E-state index contributed by atoms with van der Waals surface area (Å²) in [5.74, 6) is 0.0880. The zero-order valence-electron chi connectivity index (χ0n) is 6.61. The van der Waals surface area contributed by atoms with E-state index in [9.17, 15) is 10.0 Å². The molecule has 2 unspecified atom stereocenters. The van der Waals surface area contributed by atoms with E-state index in [0.29, 0.717) is 0 Å². The van der Waals surface area contributed by atoms with Crippen LogP contribution in [0.4, 0.5) is 0 Å². The minimum atomic E-state index is -0.585. The summed E-state index contributed by atoms with van der Waals surface area (Å²) >= 11 is 0. The van der Waals surface area contributed by atoms with Gasteiger partial charge in [0.1, 0.15) is 5.76 Å². The minimum absolute atomic E-state index is 0.0116. The van der Waals surface area contributed by atoms with E-state index in [0.717, 1.165) is 5.57 Å². The summed E-state index contributed by atoms with van der Waals surface area (Å²) in [6.07, 6.45) is 3.50. The first-order chi connectivity index (χ1) is 5.15. The van der Waals surface area contributed by atoms with E-state index in [1.807, 2.05) is 19.9 Å². The molecule has 0 aromatic carbocycles. The predicted octanol–water partition coefficient (Wildman–Crippen LogP) is 2.16. The molecule has 1 aliphatic rings. The normalized spacial score (nSPS) is 30.7. The van der Waals surface area contributed by atoms with Crippen molar-refractivity contribution in [1.29, 1.82) is 0 Å². The number of allylic oxidation sites excluding steroid dienone is 2. The molecule has 1 rings (SSSR count). The first kappa shape index (κ1) is 7.98. The molecule has 0 saturated carbocycles. The number of rotatable bonds is 1. The molecule has 0 spiro atoms. The molecule has 0 amide bonds. The summed E-state index contributed by atoms with van der Waals surface area (Å²) in [6.45, 7) is 3.74. The van der Waals surface area contributed by atoms with Gasteiger partial charge in [-0.1, -0.05) is 23.7 Å². The van der Waals surface area contributed by atoms with Crippen LogP contribution < -0.4 is 0 Å². The molecule has 0 heterocycles. The topological polar surface area (TPSA) is 49.7 Å². The van der Waals surface area contributed by atoms with Crippen molar-refractivity contribution < 1.29 is 5.11 Å².